The van der Waals surface area contributed by atoms with Gasteiger partial charge in [0.1, 0.15) is 0 Å². The third-order valence-electron chi connectivity index (χ3n) is 2.65. The van der Waals surface area contributed by atoms with E-state index in [2.05, 4.69) is 0 Å². The maximum Gasteiger partial charge on any atom is 0.332 e. The molecule has 1 fully saturated rings. The number of carbonyl (C=O) groups is 1. The van der Waals surface area contributed by atoms with Crippen LogP contribution in [0.3, 0.4) is 0 Å². The topological polar surface area (TPSA) is 74.3 Å². The minimum absolute atomic E-state index is 0.173. The van der Waals surface area contributed by atoms with Gasteiger partial charge in [0.05, 0.1) is 25.4 Å². The van der Waals surface area contributed by atoms with E-state index in [1.807, 2.05) is 0 Å². The van der Waals surface area contributed by atoms with Crippen molar-refractivity contribution in [3.05, 3.63) is 0 Å². The first-order chi connectivity index (χ1) is 8.90. The molecule has 0 spiro atoms. The first-order valence-electron chi connectivity index (χ1n) is 6.35. The van der Waals surface area contributed by atoms with Crippen LogP contribution in [-0.4, -0.2) is 49.8 Å². The van der Waals surface area contributed by atoms with Crippen LogP contribution in [0.4, 0.5) is 0 Å². The van der Waals surface area contributed by atoms with Gasteiger partial charge in [0.2, 0.25) is 6.29 Å². The van der Waals surface area contributed by atoms with Crippen LogP contribution in [0.2, 0.25) is 0 Å². The van der Waals surface area contributed by atoms with Gasteiger partial charge in [0.25, 0.3) is 0 Å². The predicted octanol–water partition coefficient (Wildman–Crippen LogP) is 1.78. The van der Waals surface area contributed by atoms with Crippen molar-refractivity contribution >= 4 is 13.6 Å². The molecule has 0 aliphatic carbocycles. The Morgan fingerprint density at radius 3 is 2.42 bits per heavy atom. The molecule has 1 rings (SSSR count). The number of ether oxygens (including phenoxy) is 1. The maximum atomic E-state index is 12.4. The summed E-state index contributed by atoms with van der Waals surface area (Å²) in [6.07, 6.45) is 0.0209. The number of esters is 1. The second-order valence-electron chi connectivity index (χ2n) is 4.21. The fourth-order valence-corrected chi connectivity index (χ4v) is 3.89. The van der Waals surface area contributed by atoms with Gasteiger partial charge in [-0.1, -0.05) is 0 Å². The van der Waals surface area contributed by atoms with Crippen LogP contribution in [0.15, 0.2) is 0 Å². The Hall–Kier alpha value is -0.460. The zero-order valence-corrected chi connectivity index (χ0v) is 12.7. The van der Waals surface area contributed by atoms with E-state index in [0.29, 0.717) is 19.6 Å². The summed E-state index contributed by atoms with van der Waals surface area (Å²) < 4.78 is 27.9. The van der Waals surface area contributed by atoms with Crippen molar-refractivity contribution in [2.45, 2.75) is 39.5 Å². The summed E-state index contributed by atoms with van der Waals surface area (Å²) in [4.78, 5) is 16.2. The Morgan fingerprint density at radius 2 is 1.95 bits per heavy atom. The van der Waals surface area contributed by atoms with E-state index < -0.39 is 19.9 Å². The number of nitrogens with zero attached hydrogens (tertiary/aromatic N) is 1. The monoisotopic (exact) mass is 295 g/mol. The SMILES string of the molecule is CCOP(=O)(C[C@@H]1C[C@H](OC(C)=O)ON1C)OCC. The van der Waals surface area contributed by atoms with E-state index in [9.17, 15) is 9.36 Å². The number of carbonyl (C=O) groups excluding carboxylic acids is 1. The van der Waals surface area contributed by atoms with Gasteiger partial charge >= 0.3 is 13.6 Å². The number of hydroxylamine groups is 2. The van der Waals surface area contributed by atoms with Crippen molar-refractivity contribution in [3.8, 4) is 0 Å². The molecule has 8 heteroatoms. The minimum Gasteiger partial charge on any atom is -0.434 e. The third kappa shape index (κ3) is 5.20. The molecule has 0 aromatic heterocycles. The molecule has 0 bridgehead atoms. The van der Waals surface area contributed by atoms with E-state index in [4.69, 9.17) is 18.6 Å². The molecule has 0 unspecified atom stereocenters. The van der Waals surface area contributed by atoms with Crippen LogP contribution in [0.25, 0.3) is 0 Å². The zero-order valence-electron chi connectivity index (χ0n) is 11.8. The van der Waals surface area contributed by atoms with E-state index >= 15 is 0 Å². The number of rotatable bonds is 7. The van der Waals surface area contributed by atoms with Gasteiger partial charge in [0, 0.05) is 20.4 Å². The van der Waals surface area contributed by atoms with Crippen LogP contribution in [0, 0.1) is 0 Å². The Bertz CT molecular complexity index is 340. The molecule has 1 aliphatic heterocycles. The second kappa shape index (κ2) is 7.36. The minimum atomic E-state index is -3.13. The van der Waals surface area contributed by atoms with E-state index in [0.717, 1.165) is 0 Å². The predicted molar refractivity (Wildman–Crippen MR) is 68.5 cm³/mol. The summed E-state index contributed by atoms with van der Waals surface area (Å²) in [5.41, 5.74) is 0. The molecule has 0 aromatic carbocycles. The summed E-state index contributed by atoms with van der Waals surface area (Å²) in [7, 11) is -1.42. The molecule has 1 aliphatic rings. The van der Waals surface area contributed by atoms with Gasteiger partial charge in [-0.25, -0.2) is 0 Å². The molecule has 0 saturated carbocycles. The summed E-state index contributed by atoms with van der Waals surface area (Å²) >= 11 is 0. The van der Waals surface area contributed by atoms with Crippen molar-refractivity contribution in [2.75, 3.05) is 26.4 Å². The summed E-state index contributed by atoms with van der Waals surface area (Å²) in [6.45, 7) is 5.50. The van der Waals surface area contributed by atoms with Crippen molar-refractivity contribution in [1.82, 2.24) is 5.06 Å². The molecule has 7 nitrogen and oxygen atoms in total. The van der Waals surface area contributed by atoms with Gasteiger partial charge in [-0.2, -0.15) is 5.06 Å². The lowest BCUT2D eigenvalue weighted by molar-refractivity contribution is -0.224. The molecule has 2 atom stereocenters. The van der Waals surface area contributed by atoms with Gasteiger partial charge in [-0.15, -0.1) is 0 Å². The molecule has 1 saturated heterocycles. The fraction of sp³-hybridized carbons (Fsp3) is 0.909. The quantitative estimate of drug-likeness (QED) is 0.523. The zero-order chi connectivity index (χ0) is 14.5. The summed E-state index contributed by atoms with van der Waals surface area (Å²) in [5, 5.41) is 1.54. The molecule has 112 valence electrons. The molecule has 1 heterocycles. The number of hydrogen-bond acceptors (Lipinski definition) is 7. The highest BCUT2D eigenvalue weighted by Crippen LogP contribution is 2.50. The van der Waals surface area contributed by atoms with E-state index in [1.165, 1.54) is 12.0 Å². The molecule has 0 aromatic rings. The van der Waals surface area contributed by atoms with Crippen molar-refractivity contribution < 1.29 is 28.0 Å². The summed E-state index contributed by atoms with van der Waals surface area (Å²) in [6, 6.07) is -0.173. The average molecular weight is 295 g/mol. The van der Waals surface area contributed by atoms with Crippen LogP contribution in [-0.2, 0) is 28.0 Å². The molecular weight excluding hydrogens is 273 g/mol. The van der Waals surface area contributed by atoms with Crippen LogP contribution in [0.5, 0.6) is 0 Å². The Morgan fingerprint density at radius 1 is 1.37 bits per heavy atom. The Labute approximate surface area is 113 Å². The molecule has 19 heavy (non-hydrogen) atoms. The average Bonchev–Trinajstić information content (AvgIpc) is 2.58. The molecule has 0 radical (unpaired) electrons. The highest BCUT2D eigenvalue weighted by Gasteiger charge is 2.39. The largest absolute Gasteiger partial charge is 0.434 e. The maximum absolute atomic E-state index is 12.4. The lowest BCUT2D eigenvalue weighted by atomic mass is 10.2. The van der Waals surface area contributed by atoms with Crippen LogP contribution >= 0.6 is 7.60 Å². The first-order valence-corrected chi connectivity index (χ1v) is 8.08. The Kier molecular flexibility index (Phi) is 6.42. The Balaban J connectivity index is 2.60. The molecular formula is C11H22NO6P. The number of hydrogen-bond donors (Lipinski definition) is 0. The van der Waals surface area contributed by atoms with Crippen LogP contribution < -0.4 is 0 Å². The third-order valence-corrected chi connectivity index (χ3v) is 4.82. The second-order valence-corrected chi connectivity index (χ2v) is 6.31. The van der Waals surface area contributed by atoms with E-state index in [1.54, 1.807) is 20.9 Å². The van der Waals surface area contributed by atoms with Crippen LogP contribution in [0.1, 0.15) is 27.2 Å². The van der Waals surface area contributed by atoms with E-state index in [-0.39, 0.29) is 12.2 Å². The lowest BCUT2D eigenvalue weighted by Gasteiger charge is -2.22. The highest BCUT2D eigenvalue weighted by molar-refractivity contribution is 7.53. The smallest absolute Gasteiger partial charge is 0.332 e. The van der Waals surface area contributed by atoms with Gasteiger partial charge < -0.3 is 13.8 Å². The van der Waals surface area contributed by atoms with Gasteiger partial charge in [-0.3, -0.25) is 14.2 Å². The fourth-order valence-electron chi connectivity index (χ4n) is 1.92. The normalized spacial score (nSPS) is 24.6. The first kappa shape index (κ1) is 16.6. The molecule has 0 N–H and O–H groups in total. The van der Waals surface area contributed by atoms with Gasteiger partial charge in [0.15, 0.2) is 0 Å². The van der Waals surface area contributed by atoms with Crippen molar-refractivity contribution in [1.29, 1.82) is 0 Å². The van der Waals surface area contributed by atoms with Gasteiger partial charge in [-0.05, 0) is 13.8 Å². The van der Waals surface area contributed by atoms with Crippen molar-refractivity contribution in [3.63, 3.8) is 0 Å². The highest BCUT2D eigenvalue weighted by atomic mass is 31.2. The van der Waals surface area contributed by atoms with Crippen molar-refractivity contribution in [2.24, 2.45) is 0 Å². The summed E-state index contributed by atoms with van der Waals surface area (Å²) in [5.74, 6) is -0.406. The molecule has 0 amide bonds. The lowest BCUT2D eigenvalue weighted by Crippen LogP contribution is -2.28. The standard InChI is InChI=1S/C11H22NO6P/c1-5-15-19(14,16-6-2)8-10-7-11(17-9(3)13)18-12(10)4/h10-11H,5-8H2,1-4H3/t10-,11+/m0/s1.